The molecule has 0 atom stereocenters. The molecule has 1 N–H and O–H groups in total. The van der Waals surface area contributed by atoms with E-state index in [9.17, 15) is 0 Å². The fraction of sp³-hybridized carbons (Fsp3) is 0.444. The van der Waals surface area contributed by atoms with E-state index >= 15 is 0 Å². The SMILES string of the molecule is CCc1ncc(CC(C#N)C#N)[nH]1. The first-order valence-electron chi connectivity index (χ1n) is 4.12. The summed E-state index contributed by atoms with van der Waals surface area (Å²) in [5.74, 6) is 0.315. The van der Waals surface area contributed by atoms with Crippen LogP contribution in [0.1, 0.15) is 18.4 Å². The molecule has 0 aliphatic heterocycles. The second-order valence-electron chi connectivity index (χ2n) is 2.72. The Labute approximate surface area is 76.8 Å². The fourth-order valence-corrected chi connectivity index (χ4v) is 1.03. The third-order valence-electron chi connectivity index (χ3n) is 1.75. The van der Waals surface area contributed by atoms with E-state index in [0.29, 0.717) is 6.42 Å². The molecule has 1 aromatic rings. The summed E-state index contributed by atoms with van der Waals surface area (Å²) in [7, 11) is 0. The fourth-order valence-electron chi connectivity index (χ4n) is 1.03. The molecule has 0 saturated heterocycles. The van der Waals surface area contributed by atoms with Crippen molar-refractivity contribution in [2.75, 3.05) is 0 Å². The quantitative estimate of drug-likeness (QED) is 0.747. The van der Waals surface area contributed by atoms with Crippen molar-refractivity contribution in [1.82, 2.24) is 9.97 Å². The number of aromatic amines is 1. The van der Waals surface area contributed by atoms with Crippen LogP contribution in [0.5, 0.6) is 0 Å². The van der Waals surface area contributed by atoms with Gasteiger partial charge in [-0.05, 0) is 0 Å². The van der Waals surface area contributed by atoms with E-state index in [-0.39, 0.29) is 0 Å². The number of nitriles is 2. The maximum Gasteiger partial charge on any atom is 0.138 e. The highest BCUT2D eigenvalue weighted by Crippen LogP contribution is 2.05. The minimum absolute atomic E-state index is 0.431. The van der Waals surface area contributed by atoms with Crippen LogP contribution in [-0.4, -0.2) is 9.97 Å². The number of nitrogens with one attached hydrogen (secondary N) is 1. The Balaban J connectivity index is 2.65. The van der Waals surface area contributed by atoms with Gasteiger partial charge in [0.05, 0.1) is 12.1 Å². The molecule has 4 nitrogen and oxygen atoms in total. The summed E-state index contributed by atoms with van der Waals surface area (Å²) in [5.41, 5.74) is 0.852. The predicted molar refractivity (Wildman–Crippen MR) is 46.4 cm³/mol. The van der Waals surface area contributed by atoms with Gasteiger partial charge in [-0.15, -0.1) is 0 Å². The summed E-state index contributed by atoms with van der Waals surface area (Å²) in [6.07, 6.45) is 2.95. The van der Waals surface area contributed by atoms with Gasteiger partial charge in [-0.3, -0.25) is 0 Å². The lowest BCUT2D eigenvalue weighted by Gasteiger charge is -1.94. The number of hydrogen-bond donors (Lipinski definition) is 1. The zero-order valence-corrected chi connectivity index (χ0v) is 7.41. The van der Waals surface area contributed by atoms with Crippen molar-refractivity contribution >= 4 is 0 Å². The lowest BCUT2D eigenvalue weighted by molar-refractivity contribution is 0.807. The topological polar surface area (TPSA) is 76.3 Å². The molecule has 1 aromatic heterocycles. The molecule has 1 heterocycles. The number of nitrogens with zero attached hydrogens (tertiary/aromatic N) is 3. The first-order chi connectivity index (χ1) is 6.30. The maximum absolute atomic E-state index is 8.54. The molecule has 1 rings (SSSR count). The van der Waals surface area contributed by atoms with Gasteiger partial charge in [0.1, 0.15) is 11.7 Å². The Kier molecular flexibility index (Phi) is 3.05. The van der Waals surface area contributed by atoms with E-state index in [1.54, 1.807) is 6.20 Å². The Hall–Kier alpha value is -1.81. The normalized spacial score (nSPS) is 9.54. The number of imidazole rings is 1. The van der Waals surface area contributed by atoms with Crippen molar-refractivity contribution < 1.29 is 0 Å². The van der Waals surface area contributed by atoms with Crippen LogP contribution in [0.2, 0.25) is 0 Å². The molecule has 4 heteroatoms. The highest BCUT2D eigenvalue weighted by molar-refractivity contribution is 5.10. The molecule has 0 bridgehead atoms. The molecule has 0 saturated carbocycles. The van der Waals surface area contributed by atoms with Crippen LogP contribution in [0.3, 0.4) is 0 Å². The molecule has 0 aliphatic rings. The first-order valence-corrected chi connectivity index (χ1v) is 4.12. The summed E-state index contributed by atoms with van der Waals surface area (Å²) >= 11 is 0. The van der Waals surface area contributed by atoms with E-state index in [4.69, 9.17) is 10.5 Å². The standard InChI is InChI=1S/C9H10N4/c1-2-9-12-6-8(13-9)3-7(4-10)5-11/h6-7H,2-3H2,1H3,(H,12,13). The zero-order valence-electron chi connectivity index (χ0n) is 7.41. The molecule has 0 aliphatic carbocycles. The van der Waals surface area contributed by atoms with Gasteiger partial charge in [-0.2, -0.15) is 10.5 Å². The Morgan fingerprint density at radius 3 is 2.69 bits per heavy atom. The van der Waals surface area contributed by atoms with Crippen LogP contribution < -0.4 is 0 Å². The average Bonchev–Trinajstić information content (AvgIpc) is 2.61. The van der Waals surface area contributed by atoms with Gasteiger partial charge in [0.15, 0.2) is 0 Å². The minimum atomic E-state index is -0.579. The molecule has 0 amide bonds. The third-order valence-corrected chi connectivity index (χ3v) is 1.75. The van der Waals surface area contributed by atoms with Crippen LogP contribution in [0.15, 0.2) is 6.20 Å². The monoisotopic (exact) mass is 174 g/mol. The van der Waals surface area contributed by atoms with Crippen molar-refractivity contribution in [3.05, 3.63) is 17.7 Å². The molecule has 0 fully saturated rings. The molecule has 13 heavy (non-hydrogen) atoms. The smallest absolute Gasteiger partial charge is 0.138 e. The van der Waals surface area contributed by atoms with E-state index < -0.39 is 5.92 Å². The average molecular weight is 174 g/mol. The van der Waals surface area contributed by atoms with Gasteiger partial charge >= 0.3 is 0 Å². The number of rotatable bonds is 3. The molecule has 0 radical (unpaired) electrons. The van der Waals surface area contributed by atoms with E-state index in [0.717, 1.165) is 17.9 Å². The van der Waals surface area contributed by atoms with Crippen molar-refractivity contribution in [3.8, 4) is 12.1 Å². The summed E-state index contributed by atoms with van der Waals surface area (Å²) in [5, 5.41) is 17.1. The van der Waals surface area contributed by atoms with Gasteiger partial charge in [0, 0.05) is 24.7 Å². The Bertz CT molecular complexity index is 338. The lowest BCUT2D eigenvalue weighted by Crippen LogP contribution is -1.98. The van der Waals surface area contributed by atoms with Gasteiger partial charge in [0.2, 0.25) is 0 Å². The lowest BCUT2D eigenvalue weighted by atomic mass is 10.1. The number of hydrogen-bond acceptors (Lipinski definition) is 3. The Morgan fingerprint density at radius 1 is 1.54 bits per heavy atom. The number of aromatic nitrogens is 2. The second kappa shape index (κ2) is 4.27. The van der Waals surface area contributed by atoms with Gasteiger partial charge < -0.3 is 4.98 Å². The van der Waals surface area contributed by atoms with Crippen molar-refractivity contribution in [3.63, 3.8) is 0 Å². The van der Waals surface area contributed by atoms with E-state index in [1.807, 2.05) is 19.1 Å². The van der Waals surface area contributed by atoms with Gasteiger partial charge in [-0.25, -0.2) is 4.98 Å². The van der Waals surface area contributed by atoms with E-state index in [1.165, 1.54) is 0 Å². The maximum atomic E-state index is 8.54. The van der Waals surface area contributed by atoms with Crippen molar-refractivity contribution in [2.24, 2.45) is 5.92 Å². The van der Waals surface area contributed by atoms with Crippen LogP contribution in [0, 0.1) is 28.6 Å². The van der Waals surface area contributed by atoms with Crippen molar-refractivity contribution in [2.45, 2.75) is 19.8 Å². The summed E-state index contributed by atoms with van der Waals surface area (Å²) in [4.78, 5) is 7.13. The Morgan fingerprint density at radius 2 is 2.23 bits per heavy atom. The van der Waals surface area contributed by atoms with Gasteiger partial charge in [0.25, 0.3) is 0 Å². The summed E-state index contributed by atoms with van der Waals surface area (Å²) < 4.78 is 0. The molecule has 0 aromatic carbocycles. The third kappa shape index (κ3) is 2.31. The van der Waals surface area contributed by atoms with Crippen LogP contribution in [0.4, 0.5) is 0 Å². The minimum Gasteiger partial charge on any atom is -0.346 e. The van der Waals surface area contributed by atoms with Crippen LogP contribution in [0.25, 0.3) is 0 Å². The molecule has 0 spiro atoms. The first kappa shape index (κ1) is 9.28. The summed E-state index contributed by atoms with van der Waals surface area (Å²) in [6.45, 7) is 1.99. The molecular weight excluding hydrogens is 164 g/mol. The predicted octanol–water partition coefficient (Wildman–Crippen LogP) is 1.18. The number of H-pyrrole nitrogens is 1. The second-order valence-corrected chi connectivity index (χ2v) is 2.72. The van der Waals surface area contributed by atoms with Crippen LogP contribution in [-0.2, 0) is 12.8 Å². The highest BCUT2D eigenvalue weighted by atomic mass is 14.9. The van der Waals surface area contributed by atoms with Crippen LogP contribution >= 0.6 is 0 Å². The highest BCUT2D eigenvalue weighted by Gasteiger charge is 2.08. The van der Waals surface area contributed by atoms with Crippen molar-refractivity contribution in [1.29, 1.82) is 10.5 Å². The zero-order chi connectivity index (χ0) is 9.68. The largest absolute Gasteiger partial charge is 0.346 e. The molecule has 66 valence electrons. The van der Waals surface area contributed by atoms with Gasteiger partial charge in [-0.1, -0.05) is 6.92 Å². The summed E-state index contributed by atoms with van der Waals surface area (Å²) in [6, 6.07) is 3.84. The molecular formula is C9H10N4. The molecule has 0 unspecified atom stereocenters. The number of aryl methyl sites for hydroxylation is 1. The van der Waals surface area contributed by atoms with E-state index in [2.05, 4.69) is 9.97 Å².